The van der Waals surface area contributed by atoms with E-state index < -0.39 is 0 Å². The molecule has 2 aromatic heterocycles. The molecule has 4 rings (SSSR count). The molecule has 2 N–H and O–H groups in total. The second-order valence-corrected chi connectivity index (χ2v) is 6.42. The molecular weight excluding hydrogens is 340 g/mol. The van der Waals surface area contributed by atoms with Crippen LogP contribution in [0.3, 0.4) is 0 Å². The molecule has 27 heavy (non-hydrogen) atoms. The average molecular weight is 358 g/mol. The highest BCUT2D eigenvalue weighted by Crippen LogP contribution is 2.27. The minimum absolute atomic E-state index is 0.237. The van der Waals surface area contributed by atoms with E-state index in [1.807, 2.05) is 36.4 Å². The Balaban J connectivity index is 1.56. The molecule has 0 saturated heterocycles. The summed E-state index contributed by atoms with van der Waals surface area (Å²) in [5.41, 5.74) is 3.07. The molecule has 0 atom stereocenters. The number of pyridine rings is 2. The van der Waals surface area contributed by atoms with Crippen LogP contribution in [0.25, 0.3) is 11.1 Å². The Kier molecular flexibility index (Phi) is 4.61. The van der Waals surface area contributed by atoms with Crippen LogP contribution in [0.4, 0.5) is 5.69 Å². The van der Waals surface area contributed by atoms with Gasteiger partial charge in [-0.05, 0) is 36.6 Å². The van der Waals surface area contributed by atoms with Crippen molar-refractivity contribution in [2.75, 3.05) is 5.32 Å². The normalized spacial score (nSPS) is 13.0. The summed E-state index contributed by atoms with van der Waals surface area (Å²) in [6, 6.07) is 14.9. The highest BCUT2D eigenvalue weighted by Gasteiger charge is 2.24. The first kappa shape index (κ1) is 16.9. The fraction of sp³-hybridized carbons (Fsp3) is 0.143. The van der Waals surface area contributed by atoms with Gasteiger partial charge in [0.25, 0.3) is 11.8 Å². The van der Waals surface area contributed by atoms with E-state index in [2.05, 4.69) is 20.6 Å². The van der Waals surface area contributed by atoms with Gasteiger partial charge in [0, 0.05) is 29.6 Å². The van der Waals surface area contributed by atoms with Gasteiger partial charge in [-0.2, -0.15) is 0 Å². The monoisotopic (exact) mass is 358 g/mol. The molecule has 1 aliphatic rings. The zero-order valence-electron chi connectivity index (χ0n) is 14.6. The van der Waals surface area contributed by atoms with Crippen LogP contribution in [0.2, 0.25) is 0 Å². The Labute approximate surface area is 156 Å². The van der Waals surface area contributed by atoms with Crippen molar-refractivity contribution in [1.29, 1.82) is 0 Å². The van der Waals surface area contributed by atoms with Gasteiger partial charge >= 0.3 is 0 Å². The zero-order valence-corrected chi connectivity index (χ0v) is 14.6. The number of carbonyl (C=O) groups is 2. The summed E-state index contributed by atoms with van der Waals surface area (Å²) in [5.74, 6) is -0.568. The Morgan fingerprint density at radius 1 is 0.963 bits per heavy atom. The SMILES string of the molecule is O=C(Nc1cnccc1-c1ccccc1)c1ccnc(C(=O)NC2CC2)c1. The molecule has 6 heteroatoms. The standard InChI is InChI=1S/C21H18N4O2/c26-20(15-8-11-23-18(12-15)21(27)24-16-6-7-16)25-19-13-22-10-9-17(19)14-4-2-1-3-5-14/h1-5,8-13,16H,6-7H2,(H,24,27)(H,25,26). The van der Waals surface area contributed by atoms with Crippen LogP contribution in [0.1, 0.15) is 33.7 Å². The molecule has 1 aromatic carbocycles. The molecule has 0 spiro atoms. The number of nitrogens with one attached hydrogen (secondary N) is 2. The molecule has 1 saturated carbocycles. The van der Waals surface area contributed by atoms with E-state index >= 15 is 0 Å². The van der Waals surface area contributed by atoms with Gasteiger partial charge in [-0.15, -0.1) is 0 Å². The van der Waals surface area contributed by atoms with Crippen molar-refractivity contribution in [2.24, 2.45) is 0 Å². The van der Waals surface area contributed by atoms with Gasteiger partial charge in [0.2, 0.25) is 0 Å². The van der Waals surface area contributed by atoms with E-state index in [4.69, 9.17) is 0 Å². The largest absolute Gasteiger partial charge is 0.348 e. The molecule has 6 nitrogen and oxygen atoms in total. The number of hydrogen-bond acceptors (Lipinski definition) is 4. The second-order valence-electron chi connectivity index (χ2n) is 6.42. The predicted molar refractivity (Wildman–Crippen MR) is 102 cm³/mol. The van der Waals surface area contributed by atoms with E-state index in [-0.39, 0.29) is 23.6 Å². The Hall–Kier alpha value is -3.54. The number of nitrogens with zero attached hydrogens (tertiary/aromatic N) is 2. The van der Waals surface area contributed by atoms with Crippen LogP contribution in [0, 0.1) is 0 Å². The number of carbonyl (C=O) groups excluding carboxylic acids is 2. The lowest BCUT2D eigenvalue weighted by molar-refractivity contribution is 0.0946. The van der Waals surface area contributed by atoms with Crippen molar-refractivity contribution in [2.45, 2.75) is 18.9 Å². The van der Waals surface area contributed by atoms with Crippen molar-refractivity contribution in [3.8, 4) is 11.1 Å². The Morgan fingerprint density at radius 2 is 1.78 bits per heavy atom. The molecule has 2 heterocycles. The predicted octanol–water partition coefficient (Wildman–Crippen LogP) is 3.29. The van der Waals surface area contributed by atoms with Crippen molar-refractivity contribution in [1.82, 2.24) is 15.3 Å². The third kappa shape index (κ3) is 4.00. The van der Waals surface area contributed by atoms with Crippen LogP contribution in [0.5, 0.6) is 0 Å². The summed E-state index contributed by atoms with van der Waals surface area (Å²) in [6.07, 6.45) is 6.76. The van der Waals surface area contributed by atoms with Crippen LogP contribution >= 0.6 is 0 Å². The van der Waals surface area contributed by atoms with Crippen molar-refractivity contribution < 1.29 is 9.59 Å². The lowest BCUT2D eigenvalue weighted by atomic mass is 10.1. The van der Waals surface area contributed by atoms with Crippen molar-refractivity contribution in [3.63, 3.8) is 0 Å². The van der Waals surface area contributed by atoms with Crippen LogP contribution < -0.4 is 10.6 Å². The lowest BCUT2D eigenvalue weighted by Gasteiger charge is -2.11. The molecular formula is C21H18N4O2. The van der Waals surface area contributed by atoms with E-state index in [9.17, 15) is 9.59 Å². The molecule has 1 fully saturated rings. The van der Waals surface area contributed by atoms with E-state index in [0.717, 1.165) is 24.0 Å². The molecule has 0 bridgehead atoms. The van der Waals surface area contributed by atoms with Gasteiger partial charge in [0.05, 0.1) is 11.9 Å². The van der Waals surface area contributed by atoms with Crippen LogP contribution in [-0.4, -0.2) is 27.8 Å². The summed E-state index contributed by atoms with van der Waals surface area (Å²) in [7, 11) is 0. The summed E-state index contributed by atoms with van der Waals surface area (Å²) in [4.78, 5) is 33.0. The minimum Gasteiger partial charge on any atom is -0.348 e. The summed E-state index contributed by atoms with van der Waals surface area (Å²) >= 11 is 0. The maximum absolute atomic E-state index is 12.7. The van der Waals surface area contributed by atoms with Gasteiger partial charge < -0.3 is 10.6 Å². The van der Waals surface area contributed by atoms with Crippen molar-refractivity contribution in [3.05, 3.63) is 78.4 Å². The number of anilines is 1. The molecule has 1 aliphatic carbocycles. The maximum atomic E-state index is 12.7. The lowest BCUT2D eigenvalue weighted by Crippen LogP contribution is -2.26. The van der Waals surface area contributed by atoms with Gasteiger partial charge in [0.1, 0.15) is 5.69 Å². The third-order valence-corrected chi connectivity index (χ3v) is 4.32. The van der Waals surface area contributed by atoms with Crippen LogP contribution in [-0.2, 0) is 0 Å². The van der Waals surface area contributed by atoms with Gasteiger partial charge in [-0.25, -0.2) is 0 Å². The van der Waals surface area contributed by atoms with Gasteiger partial charge in [-0.3, -0.25) is 19.6 Å². The molecule has 0 aliphatic heterocycles. The fourth-order valence-corrected chi connectivity index (χ4v) is 2.74. The number of aromatic nitrogens is 2. The highest BCUT2D eigenvalue weighted by molar-refractivity contribution is 6.07. The zero-order chi connectivity index (χ0) is 18.6. The van der Waals surface area contributed by atoms with Gasteiger partial charge in [0.15, 0.2) is 0 Å². The first-order valence-electron chi connectivity index (χ1n) is 8.78. The molecule has 3 aromatic rings. The summed E-state index contributed by atoms with van der Waals surface area (Å²) in [6.45, 7) is 0. The van der Waals surface area contributed by atoms with Crippen molar-refractivity contribution >= 4 is 17.5 Å². The van der Waals surface area contributed by atoms with E-state index in [1.54, 1.807) is 18.5 Å². The fourth-order valence-electron chi connectivity index (χ4n) is 2.74. The first-order valence-corrected chi connectivity index (χ1v) is 8.78. The summed E-state index contributed by atoms with van der Waals surface area (Å²) in [5, 5.41) is 5.76. The minimum atomic E-state index is -0.317. The molecule has 0 unspecified atom stereocenters. The smallest absolute Gasteiger partial charge is 0.270 e. The topological polar surface area (TPSA) is 84.0 Å². The molecule has 0 radical (unpaired) electrons. The van der Waals surface area contributed by atoms with Crippen LogP contribution in [0.15, 0.2) is 67.1 Å². The second kappa shape index (κ2) is 7.37. The number of hydrogen-bond donors (Lipinski definition) is 2. The van der Waals surface area contributed by atoms with E-state index in [0.29, 0.717) is 11.3 Å². The molecule has 2 amide bonds. The highest BCUT2D eigenvalue weighted by atomic mass is 16.2. The number of rotatable bonds is 5. The first-order chi connectivity index (χ1) is 13.2. The average Bonchev–Trinajstić information content (AvgIpc) is 3.53. The Bertz CT molecular complexity index is 984. The maximum Gasteiger partial charge on any atom is 0.270 e. The van der Waals surface area contributed by atoms with Gasteiger partial charge in [-0.1, -0.05) is 30.3 Å². The summed E-state index contributed by atoms with van der Waals surface area (Å²) < 4.78 is 0. The third-order valence-electron chi connectivity index (χ3n) is 4.32. The quantitative estimate of drug-likeness (QED) is 0.733. The Morgan fingerprint density at radius 3 is 2.56 bits per heavy atom. The number of benzene rings is 1. The number of amides is 2. The van der Waals surface area contributed by atoms with E-state index in [1.165, 1.54) is 12.3 Å². The molecule has 134 valence electrons.